The third-order valence-electron chi connectivity index (χ3n) is 3.54. The highest BCUT2D eigenvalue weighted by Crippen LogP contribution is 2.27. The van der Waals surface area contributed by atoms with Crippen LogP contribution in [0.3, 0.4) is 0 Å². The number of aliphatic imine (C=N–C) groups is 1. The van der Waals surface area contributed by atoms with Crippen LogP contribution in [0.5, 0.6) is 0 Å². The molecular weight excluding hydrogens is 387 g/mol. The summed E-state index contributed by atoms with van der Waals surface area (Å²) in [5.41, 5.74) is 2.59. The van der Waals surface area contributed by atoms with E-state index < -0.39 is 0 Å². The summed E-state index contributed by atoms with van der Waals surface area (Å²) in [6.45, 7) is 5.76. The molecule has 1 fully saturated rings. The van der Waals surface area contributed by atoms with Crippen molar-refractivity contribution in [3.05, 3.63) is 35.4 Å². The van der Waals surface area contributed by atoms with Gasteiger partial charge in [0.1, 0.15) is 0 Å². The quantitative estimate of drug-likeness (QED) is 0.408. The lowest BCUT2D eigenvalue weighted by Crippen LogP contribution is -2.38. The van der Waals surface area contributed by atoms with Crippen LogP contribution >= 0.6 is 24.0 Å². The van der Waals surface area contributed by atoms with Gasteiger partial charge in [-0.15, -0.1) is 24.0 Å². The Morgan fingerprint density at radius 1 is 1.14 bits per heavy atom. The first-order valence-corrected chi connectivity index (χ1v) is 7.92. The Hall–Kier alpha value is -0.820. The van der Waals surface area contributed by atoms with Gasteiger partial charge in [0.25, 0.3) is 0 Å². The number of hydrogen-bond acceptors (Lipinski definition) is 2. The van der Waals surface area contributed by atoms with Crippen molar-refractivity contribution in [1.82, 2.24) is 15.5 Å². The molecule has 0 amide bonds. The molecule has 0 spiro atoms. The Balaban J connectivity index is 0.00000242. The van der Waals surface area contributed by atoms with E-state index in [2.05, 4.69) is 65.8 Å². The molecule has 22 heavy (non-hydrogen) atoms. The molecule has 1 saturated carbocycles. The average molecular weight is 416 g/mol. The molecule has 0 bridgehead atoms. The molecule has 124 valence electrons. The molecule has 1 aromatic carbocycles. The Bertz CT molecular complexity index is 452. The van der Waals surface area contributed by atoms with Crippen molar-refractivity contribution >= 4 is 29.9 Å². The Labute approximate surface area is 151 Å². The molecule has 1 aliphatic carbocycles. The summed E-state index contributed by atoms with van der Waals surface area (Å²) in [7, 11) is 4.18. The van der Waals surface area contributed by atoms with Crippen molar-refractivity contribution in [2.45, 2.75) is 32.9 Å². The van der Waals surface area contributed by atoms with Crippen molar-refractivity contribution in [2.75, 3.05) is 27.2 Å². The van der Waals surface area contributed by atoms with Crippen LogP contribution in [0.25, 0.3) is 0 Å². The number of benzene rings is 1. The zero-order valence-corrected chi connectivity index (χ0v) is 16.3. The van der Waals surface area contributed by atoms with Crippen LogP contribution < -0.4 is 10.6 Å². The summed E-state index contributed by atoms with van der Waals surface area (Å²) >= 11 is 0. The fraction of sp³-hybridized carbons (Fsp3) is 0.588. The standard InChI is InChI=1S/C17H28N4.HI/c1-4-18-17(19-11-14-5-6-14)20-12-15-7-9-16(10-8-15)13-21(2)3;/h7-10,14H,4-6,11-13H2,1-3H3,(H2,18,19,20);1H. The number of hydrogen-bond donors (Lipinski definition) is 2. The second-order valence-electron chi connectivity index (χ2n) is 6.07. The van der Waals surface area contributed by atoms with Gasteiger partial charge in [-0.3, -0.25) is 0 Å². The highest BCUT2D eigenvalue weighted by molar-refractivity contribution is 14.0. The molecule has 0 radical (unpaired) electrons. The van der Waals surface area contributed by atoms with Gasteiger partial charge < -0.3 is 15.5 Å². The van der Waals surface area contributed by atoms with E-state index in [-0.39, 0.29) is 24.0 Å². The van der Waals surface area contributed by atoms with Gasteiger partial charge in [0.2, 0.25) is 0 Å². The van der Waals surface area contributed by atoms with E-state index in [9.17, 15) is 0 Å². The minimum absolute atomic E-state index is 0. The lowest BCUT2D eigenvalue weighted by molar-refractivity contribution is 0.402. The summed E-state index contributed by atoms with van der Waals surface area (Å²) in [5.74, 6) is 1.79. The number of nitrogens with one attached hydrogen (secondary N) is 2. The van der Waals surface area contributed by atoms with E-state index in [0.29, 0.717) is 0 Å². The first-order chi connectivity index (χ1) is 10.2. The van der Waals surface area contributed by atoms with Crippen LogP contribution in [0.15, 0.2) is 29.3 Å². The molecule has 2 N–H and O–H groups in total. The van der Waals surface area contributed by atoms with E-state index in [0.717, 1.165) is 38.1 Å². The first-order valence-electron chi connectivity index (χ1n) is 7.92. The Kier molecular flexibility index (Phi) is 8.78. The SMILES string of the molecule is CCNC(=NCc1ccc(CN(C)C)cc1)NCC1CC1.I. The van der Waals surface area contributed by atoms with E-state index in [1.807, 2.05) is 0 Å². The second kappa shape index (κ2) is 10.0. The fourth-order valence-corrected chi connectivity index (χ4v) is 2.19. The minimum atomic E-state index is 0. The molecule has 1 aliphatic rings. The maximum Gasteiger partial charge on any atom is 0.191 e. The summed E-state index contributed by atoms with van der Waals surface area (Å²) in [5, 5.41) is 6.73. The van der Waals surface area contributed by atoms with Crippen molar-refractivity contribution in [2.24, 2.45) is 10.9 Å². The lowest BCUT2D eigenvalue weighted by Gasteiger charge is -2.11. The van der Waals surface area contributed by atoms with Gasteiger partial charge >= 0.3 is 0 Å². The summed E-state index contributed by atoms with van der Waals surface area (Å²) in [4.78, 5) is 6.84. The summed E-state index contributed by atoms with van der Waals surface area (Å²) in [6, 6.07) is 8.73. The summed E-state index contributed by atoms with van der Waals surface area (Å²) in [6.07, 6.45) is 2.72. The average Bonchev–Trinajstić information content (AvgIpc) is 3.27. The van der Waals surface area contributed by atoms with E-state index in [1.54, 1.807) is 0 Å². The van der Waals surface area contributed by atoms with Crippen LogP contribution in [-0.4, -0.2) is 38.0 Å². The van der Waals surface area contributed by atoms with Gasteiger partial charge in [-0.25, -0.2) is 4.99 Å². The molecular formula is C17H29IN4. The Morgan fingerprint density at radius 2 is 1.77 bits per heavy atom. The predicted molar refractivity (Wildman–Crippen MR) is 105 cm³/mol. The molecule has 0 saturated heterocycles. The topological polar surface area (TPSA) is 39.7 Å². The minimum Gasteiger partial charge on any atom is -0.357 e. The predicted octanol–water partition coefficient (Wildman–Crippen LogP) is 2.83. The van der Waals surface area contributed by atoms with E-state index >= 15 is 0 Å². The normalized spacial score (nSPS) is 14.6. The molecule has 0 unspecified atom stereocenters. The van der Waals surface area contributed by atoms with Crippen LogP contribution in [0, 0.1) is 5.92 Å². The fourth-order valence-electron chi connectivity index (χ4n) is 2.19. The van der Waals surface area contributed by atoms with Gasteiger partial charge in [-0.2, -0.15) is 0 Å². The second-order valence-corrected chi connectivity index (χ2v) is 6.07. The molecule has 4 nitrogen and oxygen atoms in total. The van der Waals surface area contributed by atoms with Gasteiger partial charge in [0, 0.05) is 19.6 Å². The van der Waals surface area contributed by atoms with Gasteiger partial charge in [0.15, 0.2) is 5.96 Å². The first kappa shape index (κ1) is 19.2. The zero-order valence-electron chi connectivity index (χ0n) is 13.9. The molecule has 5 heteroatoms. The number of halogens is 1. The van der Waals surface area contributed by atoms with Gasteiger partial charge in [-0.1, -0.05) is 24.3 Å². The lowest BCUT2D eigenvalue weighted by atomic mass is 10.1. The van der Waals surface area contributed by atoms with Crippen molar-refractivity contribution in [1.29, 1.82) is 0 Å². The smallest absolute Gasteiger partial charge is 0.191 e. The van der Waals surface area contributed by atoms with Crippen LogP contribution in [0.1, 0.15) is 30.9 Å². The molecule has 0 aromatic heterocycles. The maximum absolute atomic E-state index is 4.66. The monoisotopic (exact) mass is 416 g/mol. The van der Waals surface area contributed by atoms with Crippen molar-refractivity contribution < 1.29 is 0 Å². The van der Waals surface area contributed by atoms with Gasteiger partial charge in [-0.05, 0) is 50.9 Å². The van der Waals surface area contributed by atoms with E-state index in [1.165, 1.54) is 24.0 Å². The van der Waals surface area contributed by atoms with Crippen LogP contribution in [0.2, 0.25) is 0 Å². The number of rotatable bonds is 7. The molecule has 1 aromatic rings. The third kappa shape index (κ3) is 7.45. The summed E-state index contributed by atoms with van der Waals surface area (Å²) < 4.78 is 0. The molecule has 0 heterocycles. The molecule has 0 atom stereocenters. The molecule has 0 aliphatic heterocycles. The maximum atomic E-state index is 4.66. The van der Waals surface area contributed by atoms with Crippen molar-refractivity contribution in [3.63, 3.8) is 0 Å². The number of nitrogens with zero attached hydrogens (tertiary/aromatic N) is 2. The Morgan fingerprint density at radius 3 is 2.32 bits per heavy atom. The van der Waals surface area contributed by atoms with Crippen LogP contribution in [-0.2, 0) is 13.1 Å². The molecule has 2 rings (SSSR count). The third-order valence-corrected chi connectivity index (χ3v) is 3.54. The number of guanidine groups is 1. The highest BCUT2D eigenvalue weighted by Gasteiger charge is 2.20. The van der Waals surface area contributed by atoms with E-state index in [4.69, 9.17) is 0 Å². The van der Waals surface area contributed by atoms with Crippen molar-refractivity contribution in [3.8, 4) is 0 Å². The van der Waals surface area contributed by atoms with Gasteiger partial charge in [0.05, 0.1) is 6.54 Å². The van der Waals surface area contributed by atoms with Crippen LogP contribution in [0.4, 0.5) is 0 Å². The largest absolute Gasteiger partial charge is 0.357 e. The highest BCUT2D eigenvalue weighted by atomic mass is 127. The zero-order chi connectivity index (χ0) is 15.1.